The molecule has 0 amide bonds. The van der Waals surface area contributed by atoms with Crippen molar-refractivity contribution >= 4 is 23.2 Å². The summed E-state index contributed by atoms with van der Waals surface area (Å²) < 4.78 is 0. The van der Waals surface area contributed by atoms with Gasteiger partial charge in [0.25, 0.3) is 0 Å². The predicted octanol–water partition coefficient (Wildman–Crippen LogP) is 3.77. The summed E-state index contributed by atoms with van der Waals surface area (Å²) in [6.45, 7) is 4.00. The number of nitrogens with zero attached hydrogens (tertiary/aromatic N) is 3. The van der Waals surface area contributed by atoms with Crippen molar-refractivity contribution in [1.29, 1.82) is 5.26 Å². The molecule has 0 aliphatic heterocycles. The van der Waals surface area contributed by atoms with E-state index in [2.05, 4.69) is 15.3 Å². The maximum atomic E-state index is 8.64. The highest BCUT2D eigenvalue weighted by Crippen LogP contribution is 2.14. The zero-order chi connectivity index (χ0) is 13.4. The van der Waals surface area contributed by atoms with Gasteiger partial charge < -0.3 is 5.32 Å². The Bertz CT molecular complexity index is 531. The molecule has 2 aromatic rings. The number of hydrogen-bond acceptors (Lipinski definition) is 4. The first-order valence-electron chi connectivity index (χ1n) is 5.53. The number of nitrogens with one attached hydrogen (secondary N) is 1. The fourth-order valence-corrected chi connectivity index (χ4v) is 1.29. The van der Waals surface area contributed by atoms with E-state index in [1.807, 2.05) is 19.9 Å². The van der Waals surface area contributed by atoms with E-state index in [9.17, 15) is 0 Å². The van der Waals surface area contributed by atoms with Gasteiger partial charge in [0.2, 0.25) is 5.95 Å². The molecule has 0 radical (unpaired) electrons. The minimum absolute atomic E-state index is 0.381. The average Bonchev–Trinajstić information content (AvgIpc) is 2.42. The molecule has 18 heavy (non-hydrogen) atoms. The second-order valence-corrected chi connectivity index (χ2v) is 3.40. The molecule has 0 saturated carbocycles. The minimum Gasteiger partial charge on any atom is -0.324 e. The van der Waals surface area contributed by atoms with Crippen LogP contribution in [0, 0.1) is 11.3 Å². The van der Waals surface area contributed by atoms with Crippen LogP contribution in [0.2, 0.25) is 5.15 Å². The van der Waals surface area contributed by atoms with Crippen LogP contribution in [0.5, 0.6) is 0 Å². The molecule has 1 aromatic carbocycles. The molecule has 0 saturated heterocycles. The quantitative estimate of drug-likeness (QED) is 0.835. The summed E-state index contributed by atoms with van der Waals surface area (Å²) in [5, 5.41) is 12.0. The van der Waals surface area contributed by atoms with E-state index in [-0.39, 0.29) is 0 Å². The summed E-state index contributed by atoms with van der Waals surface area (Å²) in [7, 11) is 0. The van der Waals surface area contributed by atoms with Crippen LogP contribution in [0.15, 0.2) is 36.5 Å². The lowest BCUT2D eigenvalue weighted by atomic mass is 10.2. The first kappa shape index (κ1) is 13.9. The first-order valence-corrected chi connectivity index (χ1v) is 5.91. The molecule has 0 unspecified atom stereocenters. The molecule has 5 heteroatoms. The number of hydrogen-bond donors (Lipinski definition) is 1. The van der Waals surface area contributed by atoms with Gasteiger partial charge in [0, 0.05) is 11.9 Å². The number of benzene rings is 1. The molecule has 2 rings (SSSR count). The molecule has 1 N–H and O–H groups in total. The summed E-state index contributed by atoms with van der Waals surface area (Å²) in [6, 6.07) is 10.6. The lowest BCUT2D eigenvalue weighted by molar-refractivity contribution is 1.17. The summed E-state index contributed by atoms with van der Waals surface area (Å²) in [5.41, 5.74) is 1.42. The largest absolute Gasteiger partial charge is 0.324 e. The molecule has 1 heterocycles. The highest BCUT2D eigenvalue weighted by Gasteiger charge is 1.98. The second-order valence-electron chi connectivity index (χ2n) is 3.02. The zero-order valence-electron chi connectivity index (χ0n) is 10.2. The van der Waals surface area contributed by atoms with Crippen LogP contribution >= 0.6 is 11.6 Å². The van der Waals surface area contributed by atoms with Crippen molar-refractivity contribution in [2.45, 2.75) is 13.8 Å². The monoisotopic (exact) mass is 260 g/mol. The van der Waals surface area contributed by atoms with E-state index in [1.165, 1.54) is 0 Å². The van der Waals surface area contributed by atoms with Crippen LogP contribution in [0.25, 0.3) is 0 Å². The smallest absolute Gasteiger partial charge is 0.228 e. The minimum atomic E-state index is 0.381. The van der Waals surface area contributed by atoms with Crippen LogP contribution in [0.3, 0.4) is 0 Å². The van der Waals surface area contributed by atoms with E-state index in [0.29, 0.717) is 16.7 Å². The topological polar surface area (TPSA) is 61.6 Å². The van der Waals surface area contributed by atoms with Crippen molar-refractivity contribution in [3.63, 3.8) is 0 Å². The number of anilines is 2. The molecule has 0 fully saturated rings. The van der Waals surface area contributed by atoms with Gasteiger partial charge in [-0.25, -0.2) is 9.97 Å². The van der Waals surface area contributed by atoms with Crippen molar-refractivity contribution in [3.05, 3.63) is 47.2 Å². The highest BCUT2D eigenvalue weighted by molar-refractivity contribution is 6.29. The lowest BCUT2D eigenvalue weighted by Crippen LogP contribution is -1.96. The Morgan fingerprint density at radius 2 is 1.83 bits per heavy atom. The predicted molar refractivity (Wildman–Crippen MR) is 72.8 cm³/mol. The van der Waals surface area contributed by atoms with Gasteiger partial charge in [-0.2, -0.15) is 5.26 Å². The molecule has 92 valence electrons. The molecular weight excluding hydrogens is 248 g/mol. The van der Waals surface area contributed by atoms with E-state index < -0.39 is 0 Å². The van der Waals surface area contributed by atoms with E-state index >= 15 is 0 Å². The van der Waals surface area contributed by atoms with Crippen LogP contribution in [0.4, 0.5) is 11.6 Å². The van der Waals surface area contributed by atoms with Gasteiger partial charge in [0.15, 0.2) is 0 Å². The Kier molecular flexibility index (Phi) is 5.62. The Morgan fingerprint density at radius 1 is 1.17 bits per heavy atom. The molecule has 0 aliphatic rings. The number of aromatic nitrogens is 2. The summed E-state index contributed by atoms with van der Waals surface area (Å²) in [5.74, 6) is 0.428. The lowest BCUT2D eigenvalue weighted by Gasteiger charge is -2.03. The number of halogens is 1. The molecule has 0 spiro atoms. The standard InChI is InChI=1S/C11H7ClN4.C2H6/c12-10-5-6-14-11(16-10)15-9-3-1-8(7-13)2-4-9;1-2/h1-6H,(H,14,15,16);1-2H3. The van der Waals surface area contributed by atoms with Crippen molar-refractivity contribution in [1.82, 2.24) is 9.97 Å². The van der Waals surface area contributed by atoms with Crippen molar-refractivity contribution < 1.29 is 0 Å². The second kappa shape index (κ2) is 7.25. The summed E-state index contributed by atoms with van der Waals surface area (Å²) in [4.78, 5) is 8.00. The fourth-order valence-electron chi connectivity index (χ4n) is 1.15. The van der Waals surface area contributed by atoms with Gasteiger partial charge in [0.05, 0.1) is 11.6 Å². The fraction of sp³-hybridized carbons (Fsp3) is 0.154. The number of rotatable bonds is 2. The Labute approximate surface area is 111 Å². The van der Waals surface area contributed by atoms with Crippen LogP contribution in [-0.2, 0) is 0 Å². The first-order chi connectivity index (χ1) is 8.78. The van der Waals surface area contributed by atoms with Gasteiger partial charge in [-0.3, -0.25) is 0 Å². The molecule has 0 atom stereocenters. The van der Waals surface area contributed by atoms with Gasteiger partial charge in [-0.1, -0.05) is 25.4 Å². The summed E-state index contributed by atoms with van der Waals surface area (Å²) >= 11 is 5.72. The molecular formula is C13H13ClN4. The zero-order valence-corrected chi connectivity index (χ0v) is 10.9. The maximum Gasteiger partial charge on any atom is 0.228 e. The third kappa shape index (κ3) is 4.04. The highest BCUT2D eigenvalue weighted by atomic mass is 35.5. The van der Waals surface area contributed by atoms with Crippen LogP contribution < -0.4 is 5.32 Å². The third-order valence-electron chi connectivity index (χ3n) is 1.89. The van der Waals surface area contributed by atoms with Crippen molar-refractivity contribution in [3.8, 4) is 6.07 Å². The average molecular weight is 261 g/mol. The van der Waals surface area contributed by atoms with E-state index in [0.717, 1.165) is 5.69 Å². The molecule has 0 bridgehead atoms. The molecule has 0 aliphatic carbocycles. The van der Waals surface area contributed by atoms with Crippen LogP contribution in [0.1, 0.15) is 19.4 Å². The van der Waals surface area contributed by atoms with Crippen LogP contribution in [-0.4, -0.2) is 9.97 Å². The number of nitriles is 1. The Morgan fingerprint density at radius 3 is 2.39 bits per heavy atom. The molecule has 1 aromatic heterocycles. The van der Waals surface area contributed by atoms with Crippen molar-refractivity contribution in [2.75, 3.05) is 5.32 Å². The SMILES string of the molecule is CC.N#Cc1ccc(Nc2nccc(Cl)n2)cc1. The summed E-state index contributed by atoms with van der Waals surface area (Å²) in [6.07, 6.45) is 1.57. The van der Waals surface area contributed by atoms with E-state index in [1.54, 1.807) is 36.5 Å². The van der Waals surface area contributed by atoms with Gasteiger partial charge >= 0.3 is 0 Å². The van der Waals surface area contributed by atoms with Gasteiger partial charge in [0.1, 0.15) is 5.15 Å². The van der Waals surface area contributed by atoms with Gasteiger partial charge in [-0.15, -0.1) is 0 Å². The molecule has 4 nitrogen and oxygen atoms in total. The normalized spacial score (nSPS) is 8.78. The van der Waals surface area contributed by atoms with Gasteiger partial charge in [-0.05, 0) is 30.3 Å². The Balaban J connectivity index is 0.000000771. The third-order valence-corrected chi connectivity index (χ3v) is 2.10. The Hall–Kier alpha value is -2.12. The van der Waals surface area contributed by atoms with E-state index in [4.69, 9.17) is 16.9 Å². The maximum absolute atomic E-state index is 8.64. The van der Waals surface area contributed by atoms with Crippen molar-refractivity contribution in [2.24, 2.45) is 0 Å².